The summed E-state index contributed by atoms with van der Waals surface area (Å²) in [6.45, 7) is 13.1. The lowest BCUT2D eigenvalue weighted by atomic mass is 9.92. The van der Waals surface area contributed by atoms with Crippen LogP contribution in [0.5, 0.6) is 0 Å². The van der Waals surface area contributed by atoms with Crippen LogP contribution in [0.4, 0.5) is 0 Å². The third kappa shape index (κ3) is 6.26. The maximum atomic E-state index is 5.82. The summed E-state index contributed by atoms with van der Waals surface area (Å²) in [5, 5.41) is 4.00. The molecule has 5 heterocycles. The number of aromatic nitrogens is 4. The molecule has 0 unspecified atom stereocenters. The molecule has 0 radical (unpaired) electrons. The van der Waals surface area contributed by atoms with E-state index < -0.39 is 0 Å². The van der Waals surface area contributed by atoms with Crippen molar-refractivity contribution in [3.05, 3.63) is 232 Å². The van der Waals surface area contributed by atoms with Crippen LogP contribution in [0.1, 0.15) is 89.5 Å². The highest BCUT2D eigenvalue weighted by atomic mass is 14.8. The Bertz CT molecular complexity index is 3010. The van der Waals surface area contributed by atoms with Gasteiger partial charge in [0, 0.05) is 77.6 Å². The minimum atomic E-state index is 0.840. The van der Waals surface area contributed by atoms with Gasteiger partial charge in [0.1, 0.15) is 0 Å². The Morgan fingerprint density at radius 1 is 0.345 bits per heavy atom. The molecule has 4 N–H and O–H groups in total. The Morgan fingerprint density at radius 2 is 0.638 bits per heavy atom. The van der Waals surface area contributed by atoms with Crippen LogP contribution in [0.2, 0.25) is 0 Å². The number of hydrogen-bond acceptors (Lipinski definition) is 0. The zero-order valence-corrected chi connectivity index (χ0v) is 33.7. The first kappa shape index (κ1) is 36.3. The predicted octanol–water partition coefficient (Wildman–Crippen LogP) is 8.11. The quantitative estimate of drug-likeness (QED) is 0.132. The van der Waals surface area contributed by atoms with Crippen LogP contribution in [-0.4, -0.2) is 19.9 Å². The highest BCUT2D eigenvalue weighted by Gasteiger charge is 2.21. The van der Waals surface area contributed by atoms with Gasteiger partial charge in [-0.1, -0.05) is 71.5 Å². The smallest absolute Gasteiger partial charge is 0.0486 e. The maximum Gasteiger partial charge on any atom is 0.0486 e. The third-order valence-corrected chi connectivity index (χ3v) is 11.4. The largest absolute Gasteiger partial charge is 0.354 e. The minimum absolute atomic E-state index is 0.840. The second-order valence-corrected chi connectivity index (χ2v) is 15.6. The molecule has 4 heteroatoms. The molecule has 280 valence electrons. The van der Waals surface area contributed by atoms with Gasteiger partial charge in [-0.25, -0.2) is 0 Å². The maximum absolute atomic E-state index is 5.82. The lowest BCUT2D eigenvalue weighted by Gasteiger charge is -2.15. The van der Waals surface area contributed by atoms with Crippen molar-refractivity contribution in [3.8, 4) is 24.7 Å². The fraction of sp³-hybridized carbons (Fsp3) is 0.111. The average molecular weight is 749 g/mol. The molecule has 1 aliphatic heterocycles. The summed E-state index contributed by atoms with van der Waals surface area (Å²) in [4.78, 5) is 15.7. The summed E-state index contributed by atoms with van der Waals surface area (Å²) in [6, 6.07) is 43.2. The summed E-state index contributed by atoms with van der Waals surface area (Å²) in [6.07, 6.45) is 11.6. The Labute approximate surface area is 339 Å². The van der Waals surface area contributed by atoms with Crippen LogP contribution in [0.3, 0.4) is 0 Å². The van der Waals surface area contributed by atoms with Crippen LogP contribution in [-0.2, 0) is 0 Å². The molecule has 0 saturated carbocycles. The van der Waals surface area contributed by atoms with E-state index in [0.29, 0.717) is 0 Å². The van der Waals surface area contributed by atoms with Crippen molar-refractivity contribution in [2.45, 2.75) is 41.5 Å². The molecule has 8 aromatic rings. The molecule has 8 bridgehead atoms. The number of nitrogens with one attached hydrogen (secondary N) is 4. The first-order valence-corrected chi connectivity index (χ1v) is 19.7. The standard InChI is InChI=1S/C54H44N4/c1-9-37-11-15-39(16-12-37)51-41-19-23-45(55-41)53(49-33(5)27-31(3)28-34(49)6)47-25-21-43(57-47)52(40-17-13-38(10-2)14-18-40)44-22-26-48(58-44)54(46-24-20-42(51)56-46)50-35(7)29-32(4)30-36(50)8/h1-2,11-30,55-58H,3-8H3. The third-order valence-electron chi connectivity index (χ3n) is 11.4. The summed E-state index contributed by atoms with van der Waals surface area (Å²) >= 11 is 0. The highest BCUT2D eigenvalue weighted by Crippen LogP contribution is 2.32. The summed E-state index contributed by atoms with van der Waals surface area (Å²) in [7, 11) is 0. The van der Waals surface area contributed by atoms with Gasteiger partial charge in [-0.2, -0.15) is 0 Å². The summed E-state index contributed by atoms with van der Waals surface area (Å²) in [5.74, 6) is 5.57. The summed E-state index contributed by atoms with van der Waals surface area (Å²) < 4.78 is 0. The molecule has 0 aliphatic carbocycles. The molecular formula is C54H44N4. The van der Waals surface area contributed by atoms with Crippen molar-refractivity contribution >= 4 is 22.3 Å². The number of rotatable bonds is 4. The molecule has 0 fully saturated rings. The predicted molar refractivity (Wildman–Crippen MR) is 238 cm³/mol. The van der Waals surface area contributed by atoms with Gasteiger partial charge in [-0.05, 0) is 159 Å². The van der Waals surface area contributed by atoms with Gasteiger partial charge in [-0.3, -0.25) is 0 Å². The van der Waals surface area contributed by atoms with Gasteiger partial charge in [0.15, 0.2) is 0 Å². The van der Waals surface area contributed by atoms with Crippen LogP contribution >= 0.6 is 0 Å². The van der Waals surface area contributed by atoms with Crippen LogP contribution in [0.25, 0.3) is 22.3 Å². The van der Waals surface area contributed by atoms with Gasteiger partial charge in [0.2, 0.25) is 0 Å². The van der Waals surface area contributed by atoms with Crippen molar-refractivity contribution in [2.75, 3.05) is 0 Å². The lowest BCUT2D eigenvalue weighted by molar-refractivity contribution is 1.17. The molecule has 0 saturated heterocycles. The molecule has 0 spiro atoms. The Balaban J connectivity index is 1.46. The molecule has 1 aliphatic rings. The van der Waals surface area contributed by atoms with Crippen LogP contribution in [0.15, 0.2) is 121 Å². The molecule has 4 aromatic heterocycles. The van der Waals surface area contributed by atoms with E-state index in [0.717, 1.165) is 88.7 Å². The van der Waals surface area contributed by atoms with E-state index in [1.54, 1.807) is 0 Å². The average Bonchev–Trinajstić information content (AvgIpc) is 4.05. The molecule has 0 atom stereocenters. The van der Waals surface area contributed by atoms with Gasteiger partial charge in [-0.15, -0.1) is 12.8 Å². The van der Waals surface area contributed by atoms with E-state index in [9.17, 15) is 0 Å². The number of aryl methyl sites for hydroxylation is 6. The van der Waals surface area contributed by atoms with Gasteiger partial charge in [0.25, 0.3) is 0 Å². The molecule has 4 aromatic carbocycles. The van der Waals surface area contributed by atoms with E-state index in [-0.39, 0.29) is 0 Å². The zero-order chi connectivity index (χ0) is 40.2. The van der Waals surface area contributed by atoms with Crippen LogP contribution in [0, 0.1) is 66.2 Å². The van der Waals surface area contributed by atoms with Gasteiger partial charge < -0.3 is 19.9 Å². The molecule has 58 heavy (non-hydrogen) atoms. The normalized spacial score (nSPS) is 12.5. The van der Waals surface area contributed by atoms with Crippen molar-refractivity contribution in [1.29, 1.82) is 0 Å². The molecule has 9 rings (SSSR count). The van der Waals surface area contributed by atoms with Crippen molar-refractivity contribution in [1.82, 2.24) is 19.9 Å². The molecular weight excluding hydrogens is 705 g/mol. The SMILES string of the molecule is C#Cc1ccc(C2=c3ccc([nH]3)=C(c3c(C)cc(C)cc3C)c3ccc([nH]3)C(c3ccc(C#C)cc3)=c3ccc([nH]3)=C(c3c(C)cc(C)cc3C)c3ccc2[nH]3)cc1. The number of H-pyrrole nitrogens is 4. The molecule has 4 nitrogen and oxygen atoms in total. The van der Waals surface area contributed by atoms with Gasteiger partial charge in [0.05, 0.1) is 0 Å². The lowest BCUT2D eigenvalue weighted by Crippen LogP contribution is -2.20. The monoisotopic (exact) mass is 748 g/mol. The number of hydrogen-bond donors (Lipinski definition) is 4. The second-order valence-electron chi connectivity index (χ2n) is 15.6. The fourth-order valence-corrected chi connectivity index (χ4v) is 9.10. The second kappa shape index (κ2) is 14.3. The Kier molecular flexibility index (Phi) is 8.92. The number of aromatic amines is 4. The number of benzene rings is 4. The van der Waals surface area contributed by atoms with Crippen LogP contribution < -0.4 is 21.4 Å². The first-order valence-electron chi connectivity index (χ1n) is 19.7. The van der Waals surface area contributed by atoms with E-state index in [2.05, 4.69) is 170 Å². The van der Waals surface area contributed by atoms with Crippen molar-refractivity contribution in [3.63, 3.8) is 0 Å². The number of terminal acetylenes is 2. The highest BCUT2D eigenvalue weighted by molar-refractivity contribution is 5.86. The minimum Gasteiger partial charge on any atom is -0.354 e. The first-order chi connectivity index (χ1) is 28.1. The number of fused-ring (bicyclic) bond motifs is 8. The zero-order valence-electron chi connectivity index (χ0n) is 33.7. The van der Waals surface area contributed by atoms with Gasteiger partial charge >= 0.3 is 0 Å². The van der Waals surface area contributed by atoms with E-state index in [1.165, 1.54) is 44.5 Å². The fourth-order valence-electron chi connectivity index (χ4n) is 9.10. The topological polar surface area (TPSA) is 63.2 Å². The van der Waals surface area contributed by atoms with E-state index >= 15 is 0 Å². The van der Waals surface area contributed by atoms with E-state index in [4.69, 9.17) is 12.8 Å². The van der Waals surface area contributed by atoms with Crippen molar-refractivity contribution < 1.29 is 0 Å². The summed E-state index contributed by atoms with van der Waals surface area (Å²) in [5.41, 5.74) is 21.8. The molecule has 0 amide bonds. The van der Waals surface area contributed by atoms with E-state index in [1.807, 2.05) is 24.3 Å². The Hall–Kier alpha value is -7.40. The van der Waals surface area contributed by atoms with Crippen molar-refractivity contribution in [2.24, 2.45) is 0 Å². The Morgan fingerprint density at radius 3 is 0.948 bits per heavy atom.